The second kappa shape index (κ2) is 5.84. The summed E-state index contributed by atoms with van der Waals surface area (Å²) in [5.74, 6) is -0.157. The monoisotopic (exact) mass is 333 g/mol. The Morgan fingerprint density at radius 2 is 1.72 bits per heavy atom. The maximum absolute atomic E-state index is 13.3. The van der Waals surface area contributed by atoms with E-state index in [0.717, 1.165) is 17.7 Å². The number of anilines is 1. The highest BCUT2D eigenvalue weighted by Gasteiger charge is 2.28. The number of carbonyl (C=O) groups excluding carboxylic acids is 1. The minimum absolute atomic E-state index is 0.116. The minimum atomic E-state index is -0.163. The van der Waals surface area contributed by atoms with Crippen molar-refractivity contribution in [2.45, 2.75) is 26.3 Å². The molecule has 4 rings (SSSR count). The van der Waals surface area contributed by atoms with Crippen LogP contribution in [0.1, 0.15) is 35.9 Å². The van der Waals surface area contributed by atoms with Gasteiger partial charge in [0.15, 0.2) is 5.69 Å². The molecule has 2 heterocycles. The van der Waals surface area contributed by atoms with E-state index in [4.69, 9.17) is 0 Å². The van der Waals surface area contributed by atoms with Gasteiger partial charge in [-0.15, -0.1) is 0 Å². The van der Waals surface area contributed by atoms with Crippen LogP contribution in [0.2, 0.25) is 0 Å². The predicted molar refractivity (Wildman–Crippen MR) is 98.2 cm³/mol. The quantitative estimate of drug-likeness (QED) is 0.724. The third kappa shape index (κ3) is 2.43. The highest BCUT2D eigenvalue weighted by molar-refractivity contribution is 6.13. The Hall–Kier alpha value is -2.95. The topological polar surface area (TPSA) is 55.2 Å². The molecule has 0 unspecified atom stereocenters. The Kier molecular flexibility index (Phi) is 3.64. The standard InChI is InChI=1S/C20H19N3O2/c1-13(2)23-19(24)16-9-5-4-8-15(16)18(21-23)20(25)22-12-11-14-7-3-6-10-17(14)22/h3-10,13H,11-12H2,1-2H3. The second-order valence-electron chi connectivity index (χ2n) is 6.57. The Balaban J connectivity index is 1.91. The Labute approximate surface area is 145 Å². The molecule has 0 N–H and O–H groups in total. The molecular weight excluding hydrogens is 314 g/mol. The first kappa shape index (κ1) is 15.6. The summed E-state index contributed by atoms with van der Waals surface area (Å²) in [6.45, 7) is 4.42. The molecule has 0 fully saturated rings. The van der Waals surface area contributed by atoms with E-state index >= 15 is 0 Å². The van der Waals surface area contributed by atoms with Crippen LogP contribution in [-0.4, -0.2) is 22.2 Å². The molecule has 5 heteroatoms. The molecule has 1 aliphatic rings. The van der Waals surface area contributed by atoms with Gasteiger partial charge in [0, 0.05) is 17.6 Å². The van der Waals surface area contributed by atoms with Crippen molar-refractivity contribution in [2.75, 3.05) is 11.4 Å². The molecule has 1 aromatic heterocycles. The molecule has 25 heavy (non-hydrogen) atoms. The normalized spacial score (nSPS) is 13.5. The van der Waals surface area contributed by atoms with Crippen molar-refractivity contribution in [3.05, 3.63) is 70.1 Å². The highest BCUT2D eigenvalue weighted by Crippen LogP contribution is 2.29. The average molecular weight is 333 g/mol. The van der Waals surface area contributed by atoms with Crippen molar-refractivity contribution in [3.8, 4) is 0 Å². The number of amides is 1. The number of nitrogens with zero attached hydrogens (tertiary/aromatic N) is 3. The molecular formula is C20H19N3O2. The minimum Gasteiger partial charge on any atom is -0.306 e. The summed E-state index contributed by atoms with van der Waals surface area (Å²) >= 11 is 0. The van der Waals surface area contributed by atoms with Crippen molar-refractivity contribution in [1.29, 1.82) is 0 Å². The summed E-state index contributed by atoms with van der Waals surface area (Å²) in [6, 6.07) is 15.0. The smallest absolute Gasteiger partial charge is 0.279 e. The molecule has 0 aliphatic carbocycles. The van der Waals surface area contributed by atoms with Crippen LogP contribution in [0.4, 0.5) is 5.69 Å². The van der Waals surface area contributed by atoms with Crippen LogP contribution in [0.25, 0.3) is 10.8 Å². The lowest BCUT2D eigenvalue weighted by Crippen LogP contribution is -2.34. The zero-order valence-corrected chi connectivity index (χ0v) is 14.3. The van der Waals surface area contributed by atoms with Gasteiger partial charge < -0.3 is 4.90 Å². The lowest BCUT2D eigenvalue weighted by atomic mass is 10.1. The van der Waals surface area contributed by atoms with Gasteiger partial charge in [0.25, 0.3) is 11.5 Å². The van der Waals surface area contributed by atoms with Crippen LogP contribution in [-0.2, 0) is 6.42 Å². The van der Waals surface area contributed by atoms with Crippen LogP contribution in [0.15, 0.2) is 53.3 Å². The fraction of sp³-hybridized carbons (Fsp3) is 0.250. The van der Waals surface area contributed by atoms with Gasteiger partial charge in [-0.2, -0.15) is 5.10 Å². The molecule has 3 aromatic rings. The zero-order valence-electron chi connectivity index (χ0n) is 14.3. The largest absolute Gasteiger partial charge is 0.306 e. The van der Waals surface area contributed by atoms with Gasteiger partial charge in [-0.3, -0.25) is 9.59 Å². The molecule has 5 nitrogen and oxygen atoms in total. The predicted octanol–water partition coefficient (Wildman–Crippen LogP) is 3.18. The van der Waals surface area contributed by atoms with E-state index in [1.54, 1.807) is 17.0 Å². The maximum Gasteiger partial charge on any atom is 0.279 e. The lowest BCUT2D eigenvalue weighted by Gasteiger charge is -2.19. The van der Waals surface area contributed by atoms with Crippen LogP contribution < -0.4 is 10.5 Å². The molecule has 126 valence electrons. The summed E-state index contributed by atoms with van der Waals surface area (Å²) in [6.07, 6.45) is 0.837. The SMILES string of the molecule is CC(C)n1nc(C(=O)N2CCc3ccccc32)c2ccccc2c1=O. The number of para-hydroxylation sites is 1. The molecule has 0 atom stereocenters. The fourth-order valence-corrected chi connectivity index (χ4v) is 3.39. The van der Waals surface area contributed by atoms with Gasteiger partial charge in [-0.05, 0) is 38.0 Å². The maximum atomic E-state index is 13.3. The van der Waals surface area contributed by atoms with Crippen molar-refractivity contribution in [1.82, 2.24) is 9.78 Å². The third-order valence-corrected chi connectivity index (χ3v) is 4.65. The van der Waals surface area contributed by atoms with Gasteiger partial charge >= 0.3 is 0 Å². The number of rotatable bonds is 2. The van der Waals surface area contributed by atoms with Crippen LogP contribution in [0.3, 0.4) is 0 Å². The molecule has 0 spiro atoms. The zero-order chi connectivity index (χ0) is 17.6. The Morgan fingerprint density at radius 3 is 2.48 bits per heavy atom. The summed E-state index contributed by atoms with van der Waals surface area (Å²) in [4.78, 5) is 27.7. The summed E-state index contributed by atoms with van der Waals surface area (Å²) in [5, 5.41) is 5.57. The highest BCUT2D eigenvalue weighted by atomic mass is 16.2. The van der Waals surface area contributed by atoms with Gasteiger partial charge in [0.1, 0.15) is 0 Å². The molecule has 1 amide bonds. The molecule has 1 aliphatic heterocycles. The third-order valence-electron chi connectivity index (χ3n) is 4.65. The van der Waals surface area contributed by atoms with E-state index in [0.29, 0.717) is 23.0 Å². The first-order chi connectivity index (χ1) is 12.1. The average Bonchev–Trinajstić information content (AvgIpc) is 3.05. The van der Waals surface area contributed by atoms with Crippen LogP contribution >= 0.6 is 0 Å². The first-order valence-corrected chi connectivity index (χ1v) is 8.49. The first-order valence-electron chi connectivity index (χ1n) is 8.49. The van der Waals surface area contributed by atoms with E-state index in [1.165, 1.54) is 4.68 Å². The molecule has 0 bridgehead atoms. The number of carbonyl (C=O) groups is 1. The van der Waals surface area contributed by atoms with E-state index in [2.05, 4.69) is 5.10 Å². The Bertz CT molecular complexity index is 1040. The van der Waals surface area contributed by atoms with Crippen molar-refractivity contribution >= 4 is 22.4 Å². The number of benzene rings is 2. The van der Waals surface area contributed by atoms with Gasteiger partial charge in [0.2, 0.25) is 0 Å². The van der Waals surface area contributed by atoms with Crippen molar-refractivity contribution in [2.24, 2.45) is 0 Å². The number of hydrogen-bond acceptors (Lipinski definition) is 3. The fourth-order valence-electron chi connectivity index (χ4n) is 3.39. The van der Waals surface area contributed by atoms with E-state index in [9.17, 15) is 9.59 Å². The number of fused-ring (bicyclic) bond motifs is 2. The van der Waals surface area contributed by atoms with Gasteiger partial charge in [-0.25, -0.2) is 4.68 Å². The molecule has 0 saturated heterocycles. The summed E-state index contributed by atoms with van der Waals surface area (Å²) < 4.78 is 1.40. The van der Waals surface area contributed by atoms with Crippen molar-refractivity contribution in [3.63, 3.8) is 0 Å². The van der Waals surface area contributed by atoms with Gasteiger partial charge in [-0.1, -0.05) is 36.4 Å². The number of hydrogen-bond donors (Lipinski definition) is 0. The van der Waals surface area contributed by atoms with Gasteiger partial charge in [0.05, 0.1) is 11.4 Å². The Morgan fingerprint density at radius 1 is 1.04 bits per heavy atom. The van der Waals surface area contributed by atoms with Crippen molar-refractivity contribution < 1.29 is 4.79 Å². The number of aromatic nitrogens is 2. The molecule has 0 saturated carbocycles. The molecule has 2 aromatic carbocycles. The van der Waals surface area contributed by atoms with Crippen LogP contribution in [0, 0.1) is 0 Å². The van der Waals surface area contributed by atoms with E-state index < -0.39 is 0 Å². The van der Waals surface area contributed by atoms with E-state index in [-0.39, 0.29) is 17.5 Å². The van der Waals surface area contributed by atoms with Crippen LogP contribution in [0.5, 0.6) is 0 Å². The summed E-state index contributed by atoms with van der Waals surface area (Å²) in [5.41, 5.74) is 2.27. The second-order valence-corrected chi connectivity index (χ2v) is 6.57. The molecule has 0 radical (unpaired) electrons. The summed E-state index contributed by atoms with van der Waals surface area (Å²) in [7, 11) is 0. The lowest BCUT2D eigenvalue weighted by molar-refractivity contribution is 0.0984. The van der Waals surface area contributed by atoms with E-state index in [1.807, 2.05) is 50.2 Å².